The molecule has 1 aliphatic heterocycles. The quantitative estimate of drug-likeness (QED) is 0.808. The summed E-state index contributed by atoms with van der Waals surface area (Å²) in [5, 5.41) is 0.420. The minimum atomic E-state index is -0.469. The van der Waals surface area contributed by atoms with Gasteiger partial charge in [0.1, 0.15) is 0 Å². The van der Waals surface area contributed by atoms with Crippen molar-refractivity contribution in [2.45, 2.75) is 45.4 Å². The average molecular weight is 316 g/mol. The molecular weight excluding hydrogens is 296 g/mol. The Hall–Kier alpha value is -2.21. The topological polar surface area (TPSA) is 70.4 Å². The van der Waals surface area contributed by atoms with Crippen LogP contribution in [-0.4, -0.2) is 34.3 Å². The van der Waals surface area contributed by atoms with Gasteiger partial charge >= 0.3 is 5.97 Å². The maximum absolute atomic E-state index is 12.6. The van der Waals surface area contributed by atoms with Gasteiger partial charge in [0, 0.05) is 19.0 Å². The molecule has 122 valence electrons. The van der Waals surface area contributed by atoms with Gasteiger partial charge in [-0.3, -0.25) is 9.78 Å². The average Bonchev–Trinajstić information content (AvgIpc) is 3.02. The highest BCUT2D eigenvalue weighted by Gasteiger charge is 2.18. The Morgan fingerprint density at radius 1 is 1.52 bits per heavy atom. The number of hydrogen-bond acceptors (Lipinski definition) is 5. The van der Waals surface area contributed by atoms with Gasteiger partial charge in [-0.2, -0.15) is 0 Å². The van der Waals surface area contributed by atoms with Gasteiger partial charge in [-0.25, -0.2) is 4.79 Å². The maximum atomic E-state index is 12.6. The molecule has 2 aromatic rings. The van der Waals surface area contributed by atoms with Gasteiger partial charge in [0.2, 0.25) is 0 Å². The van der Waals surface area contributed by atoms with Crippen LogP contribution >= 0.6 is 0 Å². The summed E-state index contributed by atoms with van der Waals surface area (Å²) < 4.78 is 12.4. The van der Waals surface area contributed by atoms with Crippen LogP contribution < -0.4 is 5.56 Å². The Bertz CT molecular complexity index is 776. The summed E-state index contributed by atoms with van der Waals surface area (Å²) in [4.78, 5) is 28.8. The summed E-state index contributed by atoms with van der Waals surface area (Å²) in [7, 11) is 0. The number of rotatable bonds is 4. The molecule has 0 aromatic carbocycles. The molecular formula is C17H20N2O4. The first-order chi connectivity index (χ1) is 11.0. The van der Waals surface area contributed by atoms with Crippen LogP contribution in [0.5, 0.6) is 0 Å². The van der Waals surface area contributed by atoms with E-state index in [1.54, 1.807) is 36.7 Å². The van der Waals surface area contributed by atoms with Gasteiger partial charge < -0.3 is 14.0 Å². The first-order valence-corrected chi connectivity index (χ1v) is 7.86. The fraction of sp³-hybridized carbons (Fsp3) is 0.471. The highest BCUT2D eigenvalue weighted by molar-refractivity contribution is 5.93. The molecule has 6 heteroatoms. The van der Waals surface area contributed by atoms with Gasteiger partial charge in [-0.1, -0.05) is 0 Å². The van der Waals surface area contributed by atoms with Crippen LogP contribution in [0, 0.1) is 0 Å². The SMILES string of the molecule is CC(C)OC(=O)c1cnc2ccn(CC3CCCO3)c(=O)c2c1. The normalized spacial score (nSPS) is 17.8. The molecule has 0 radical (unpaired) electrons. The van der Waals surface area contributed by atoms with Crippen LogP contribution in [0.1, 0.15) is 37.0 Å². The molecule has 0 spiro atoms. The van der Waals surface area contributed by atoms with Crippen LogP contribution in [0.4, 0.5) is 0 Å². The van der Waals surface area contributed by atoms with Crippen LogP contribution in [0.15, 0.2) is 29.3 Å². The second kappa shape index (κ2) is 6.50. The molecule has 0 aliphatic carbocycles. The molecule has 0 saturated carbocycles. The third kappa shape index (κ3) is 3.42. The Labute approximate surface area is 134 Å². The molecule has 2 aromatic heterocycles. The summed E-state index contributed by atoms with van der Waals surface area (Å²) in [6.07, 6.45) is 5.02. The molecule has 6 nitrogen and oxygen atoms in total. The summed E-state index contributed by atoms with van der Waals surface area (Å²) in [5.74, 6) is -0.469. The number of aromatic nitrogens is 2. The highest BCUT2D eigenvalue weighted by Crippen LogP contribution is 2.15. The molecule has 0 bridgehead atoms. The first kappa shape index (κ1) is 15.7. The summed E-state index contributed by atoms with van der Waals surface area (Å²) in [5.41, 5.74) is 0.697. The third-order valence-corrected chi connectivity index (χ3v) is 3.82. The van der Waals surface area contributed by atoms with E-state index in [4.69, 9.17) is 9.47 Å². The first-order valence-electron chi connectivity index (χ1n) is 7.86. The van der Waals surface area contributed by atoms with E-state index in [2.05, 4.69) is 4.98 Å². The highest BCUT2D eigenvalue weighted by atomic mass is 16.5. The standard InChI is InChI=1S/C17H20N2O4/c1-11(2)23-17(21)12-8-14-15(18-9-12)5-6-19(16(14)20)10-13-4-3-7-22-13/h5-6,8-9,11,13H,3-4,7,10H2,1-2H3. The lowest BCUT2D eigenvalue weighted by molar-refractivity contribution is 0.0377. The van der Waals surface area contributed by atoms with E-state index >= 15 is 0 Å². The van der Waals surface area contributed by atoms with Crippen molar-refractivity contribution in [3.63, 3.8) is 0 Å². The number of fused-ring (bicyclic) bond motifs is 1. The summed E-state index contributed by atoms with van der Waals surface area (Å²) >= 11 is 0. The number of carbonyl (C=O) groups excluding carboxylic acids is 1. The largest absolute Gasteiger partial charge is 0.459 e. The van der Waals surface area contributed by atoms with Crippen molar-refractivity contribution in [1.82, 2.24) is 9.55 Å². The predicted molar refractivity (Wildman–Crippen MR) is 85.5 cm³/mol. The van der Waals surface area contributed by atoms with Crippen molar-refractivity contribution in [3.8, 4) is 0 Å². The van der Waals surface area contributed by atoms with E-state index in [-0.39, 0.29) is 23.3 Å². The van der Waals surface area contributed by atoms with E-state index in [9.17, 15) is 9.59 Å². The monoisotopic (exact) mass is 316 g/mol. The van der Waals surface area contributed by atoms with Gasteiger partial charge in [-0.15, -0.1) is 0 Å². The van der Waals surface area contributed by atoms with Gasteiger partial charge in [-0.05, 0) is 38.8 Å². The molecule has 3 rings (SSSR count). The smallest absolute Gasteiger partial charge is 0.339 e. The molecule has 1 unspecified atom stereocenters. The molecule has 1 atom stereocenters. The Kier molecular flexibility index (Phi) is 4.43. The second-order valence-corrected chi connectivity index (χ2v) is 6.02. The van der Waals surface area contributed by atoms with Crippen LogP contribution in [0.3, 0.4) is 0 Å². The summed E-state index contributed by atoms with van der Waals surface area (Å²) in [6, 6.07) is 3.34. The van der Waals surface area contributed by atoms with Crippen LogP contribution in [0.2, 0.25) is 0 Å². The van der Waals surface area contributed by atoms with E-state index in [0.29, 0.717) is 17.4 Å². The molecule has 1 fully saturated rings. The van der Waals surface area contributed by atoms with Crippen LogP contribution in [-0.2, 0) is 16.0 Å². The lowest BCUT2D eigenvalue weighted by Gasteiger charge is -2.12. The van der Waals surface area contributed by atoms with Gasteiger partial charge in [0.15, 0.2) is 0 Å². The zero-order chi connectivity index (χ0) is 16.4. The van der Waals surface area contributed by atoms with Gasteiger partial charge in [0.05, 0.1) is 35.2 Å². The fourth-order valence-electron chi connectivity index (χ4n) is 2.71. The molecule has 23 heavy (non-hydrogen) atoms. The summed E-state index contributed by atoms with van der Waals surface area (Å²) in [6.45, 7) is 4.83. The second-order valence-electron chi connectivity index (χ2n) is 6.02. The Balaban J connectivity index is 1.94. The Morgan fingerprint density at radius 3 is 3.04 bits per heavy atom. The van der Waals surface area contributed by atoms with E-state index < -0.39 is 5.97 Å². The fourth-order valence-corrected chi connectivity index (χ4v) is 2.71. The molecule has 0 N–H and O–H groups in total. The number of esters is 1. The number of hydrogen-bond donors (Lipinski definition) is 0. The molecule has 3 heterocycles. The van der Waals surface area contributed by atoms with Crippen molar-refractivity contribution >= 4 is 16.9 Å². The Morgan fingerprint density at radius 2 is 2.35 bits per heavy atom. The van der Waals surface area contributed by atoms with E-state index in [1.165, 1.54) is 6.20 Å². The minimum Gasteiger partial charge on any atom is -0.459 e. The number of nitrogens with zero attached hydrogens (tertiary/aromatic N) is 2. The van der Waals surface area contributed by atoms with Crippen molar-refractivity contribution in [2.24, 2.45) is 0 Å². The lowest BCUT2D eigenvalue weighted by atomic mass is 10.2. The number of carbonyl (C=O) groups is 1. The maximum Gasteiger partial charge on any atom is 0.339 e. The zero-order valence-electron chi connectivity index (χ0n) is 13.3. The zero-order valence-corrected chi connectivity index (χ0v) is 13.3. The van der Waals surface area contributed by atoms with Crippen molar-refractivity contribution in [3.05, 3.63) is 40.4 Å². The van der Waals surface area contributed by atoms with Crippen LogP contribution in [0.25, 0.3) is 10.9 Å². The minimum absolute atomic E-state index is 0.0761. The number of pyridine rings is 2. The van der Waals surface area contributed by atoms with Crippen molar-refractivity contribution in [2.75, 3.05) is 6.61 Å². The molecule has 1 saturated heterocycles. The molecule has 1 aliphatic rings. The lowest BCUT2D eigenvalue weighted by Crippen LogP contribution is -2.26. The van der Waals surface area contributed by atoms with E-state index in [0.717, 1.165) is 19.4 Å². The van der Waals surface area contributed by atoms with Crippen molar-refractivity contribution in [1.29, 1.82) is 0 Å². The van der Waals surface area contributed by atoms with Gasteiger partial charge in [0.25, 0.3) is 5.56 Å². The van der Waals surface area contributed by atoms with E-state index in [1.807, 2.05) is 0 Å². The predicted octanol–water partition coefficient (Wildman–Crippen LogP) is 2.14. The number of ether oxygens (including phenoxy) is 2. The van der Waals surface area contributed by atoms with Crippen molar-refractivity contribution < 1.29 is 14.3 Å². The third-order valence-electron chi connectivity index (χ3n) is 3.82. The molecule has 0 amide bonds.